The van der Waals surface area contributed by atoms with E-state index in [1.54, 1.807) is 0 Å². The molecular formula is C18H26N5+. The molecule has 1 saturated carbocycles. The van der Waals surface area contributed by atoms with Crippen LogP contribution in [0.4, 0.5) is 0 Å². The van der Waals surface area contributed by atoms with Crippen LogP contribution in [0.1, 0.15) is 52.9 Å². The van der Waals surface area contributed by atoms with Crippen LogP contribution < -0.4 is 5.73 Å². The third-order valence-electron chi connectivity index (χ3n) is 5.95. The van der Waals surface area contributed by atoms with Gasteiger partial charge < -0.3 is 0 Å². The molecule has 0 aromatic rings. The Morgan fingerprint density at radius 3 is 2.17 bits per heavy atom. The summed E-state index contributed by atoms with van der Waals surface area (Å²) in [7, 11) is 0. The van der Waals surface area contributed by atoms with Crippen molar-refractivity contribution in [3.05, 3.63) is 0 Å². The fourth-order valence-corrected chi connectivity index (χ4v) is 5.02. The van der Waals surface area contributed by atoms with Crippen LogP contribution in [0.25, 0.3) is 0 Å². The van der Waals surface area contributed by atoms with E-state index in [4.69, 9.17) is 5.73 Å². The topological polar surface area (TPSA) is 100 Å². The molecule has 5 nitrogen and oxygen atoms in total. The van der Waals surface area contributed by atoms with E-state index < -0.39 is 10.8 Å². The molecule has 4 atom stereocenters. The Morgan fingerprint density at radius 2 is 1.74 bits per heavy atom. The van der Waals surface area contributed by atoms with Crippen LogP contribution in [0.2, 0.25) is 0 Å². The number of fused-ring (bicyclic) bond motifs is 2. The maximum atomic E-state index is 10.1. The summed E-state index contributed by atoms with van der Waals surface area (Å²) in [5.74, 6) is 0.618. The first-order chi connectivity index (χ1) is 11.1. The summed E-state index contributed by atoms with van der Waals surface area (Å²) >= 11 is 0. The summed E-state index contributed by atoms with van der Waals surface area (Å²) in [4.78, 5) is 0. The van der Waals surface area contributed by atoms with Crippen molar-refractivity contribution in [3.63, 3.8) is 0 Å². The normalized spacial score (nSPS) is 34.0. The zero-order valence-electron chi connectivity index (χ0n) is 14.3. The van der Waals surface area contributed by atoms with Crippen LogP contribution in [-0.4, -0.2) is 23.0 Å². The van der Waals surface area contributed by atoms with E-state index in [1.807, 2.05) is 4.58 Å². The van der Waals surface area contributed by atoms with Gasteiger partial charge in [-0.25, -0.2) is 0 Å². The average molecular weight is 312 g/mol. The van der Waals surface area contributed by atoms with Crippen molar-refractivity contribution < 1.29 is 4.58 Å². The van der Waals surface area contributed by atoms with Crippen molar-refractivity contribution in [3.8, 4) is 18.2 Å². The first-order valence-corrected chi connectivity index (χ1v) is 8.69. The van der Waals surface area contributed by atoms with Gasteiger partial charge in [-0.2, -0.15) is 15.8 Å². The number of hydrogen-bond donors (Lipinski definition) is 1. The minimum Gasteiger partial charge on any atom is -0.290 e. The minimum atomic E-state index is -1.35. The summed E-state index contributed by atoms with van der Waals surface area (Å²) in [6, 6.07) is 6.60. The molecule has 23 heavy (non-hydrogen) atoms. The van der Waals surface area contributed by atoms with Crippen LogP contribution in [0.3, 0.4) is 0 Å². The first kappa shape index (κ1) is 17.3. The predicted octanol–water partition coefficient (Wildman–Crippen LogP) is 2.54. The van der Waals surface area contributed by atoms with E-state index in [9.17, 15) is 15.8 Å². The highest BCUT2D eigenvalue weighted by Crippen LogP contribution is 2.64. The molecule has 1 aliphatic carbocycles. The minimum absolute atomic E-state index is 0.00956. The fraction of sp³-hybridized carbons (Fsp3) is 0.778. The lowest BCUT2D eigenvalue weighted by atomic mass is 9.63. The number of nitrogens with zero attached hydrogens (tertiary/aromatic N) is 4. The second-order valence-corrected chi connectivity index (χ2v) is 6.80. The lowest BCUT2D eigenvalue weighted by Gasteiger charge is -2.32. The molecule has 0 aromatic heterocycles. The number of unbranched alkanes of at least 4 members (excludes halogenated alkanes) is 1. The van der Waals surface area contributed by atoms with E-state index in [2.05, 4.69) is 39.0 Å². The van der Waals surface area contributed by atoms with Crippen molar-refractivity contribution in [2.75, 3.05) is 6.54 Å². The number of rotatable bonds is 6. The first-order valence-electron chi connectivity index (χ1n) is 8.69. The van der Waals surface area contributed by atoms with Gasteiger partial charge in [-0.3, -0.25) is 10.3 Å². The highest BCUT2D eigenvalue weighted by atomic mass is 15.2. The van der Waals surface area contributed by atoms with Crippen molar-refractivity contribution in [2.45, 2.75) is 58.9 Å². The van der Waals surface area contributed by atoms with Crippen molar-refractivity contribution in [1.29, 1.82) is 15.8 Å². The molecule has 1 heterocycles. The van der Waals surface area contributed by atoms with Gasteiger partial charge in [0.25, 0.3) is 5.84 Å². The number of amidine groups is 1. The van der Waals surface area contributed by atoms with Gasteiger partial charge in [-0.15, -0.1) is 0 Å². The maximum absolute atomic E-state index is 10.1. The third kappa shape index (κ3) is 1.85. The number of hydrogen-bond acceptors (Lipinski definition) is 4. The quantitative estimate of drug-likeness (QED) is 0.761. The van der Waals surface area contributed by atoms with Crippen LogP contribution >= 0.6 is 0 Å². The van der Waals surface area contributed by atoms with Crippen LogP contribution in [0.15, 0.2) is 0 Å². The molecule has 2 bridgehead atoms. The summed E-state index contributed by atoms with van der Waals surface area (Å²) in [5.41, 5.74) is 3.92. The molecule has 1 fully saturated rings. The zero-order chi connectivity index (χ0) is 17.3. The molecule has 5 heteroatoms. The zero-order valence-corrected chi connectivity index (χ0v) is 14.3. The molecule has 0 unspecified atom stereocenters. The van der Waals surface area contributed by atoms with E-state index in [0.717, 1.165) is 38.6 Å². The van der Waals surface area contributed by atoms with E-state index in [1.165, 1.54) is 0 Å². The third-order valence-corrected chi connectivity index (χ3v) is 5.95. The molecule has 0 amide bonds. The average Bonchev–Trinajstić information content (AvgIpc) is 2.93. The molecule has 0 radical (unpaired) electrons. The van der Waals surface area contributed by atoms with E-state index >= 15 is 0 Å². The summed E-state index contributed by atoms with van der Waals surface area (Å²) in [6.07, 6.45) is 4.57. The van der Waals surface area contributed by atoms with Crippen LogP contribution in [-0.2, 0) is 0 Å². The Labute approximate surface area is 139 Å². The van der Waals surface area contributed by atoms with E-state index in [-0.39, 0.29) is 17.9 Å². The second kappa shape index (κ2) is 6.21. The largest absolute Gasteiger partial charge is 0.290 e. The predicted molar refractivity (Wildman–Crippen MR) is 86.9 cm³/mol. The maximum Gasteiger partial charge on any atom is 0.266 e. The molecule has 0 spiro atoms. The van der Waals surface area contributed by atoms with Crippen LogP contribution in [0, 0.1) is 56.7 Å². The lowest BCUT2D eigenvalue weighted by molar-refractivity contribution is -0.577. The van der Waals surface area contributed by atoms with Crippen molar-refractivity contribution >= 4 is 5.84 Å². The Kier molecular flexibility index (Phi) is 4.67. The molecule has 2 aliphatic rings. The monoisotopic (exact) mass is 312 g/mol. The molecule has 0 aromatic carbocycles. The Morgan fingerprint density at radius 1 is 1.09 bits per heavy atom. The fourth-order valence-electron chi connectivity index (χ4n) is 5.02. The van der Waals surface area contributed by atoms with Crippen molar-refractivity contribution in [1.82, 2.24) is 0 Å². The van der Waals surface area contributed by atoms with Crippen molar-refractivity contribution in [2.24, 2.45) is 28.4 Å². The second-order valence-electron chi connectivity index (χ2n) is 6.80. The number of nitriles is 3. The Hall–Kier alpha value is -2.06. The van der Waals surface area contributed by atoms with Gasteiger partial charge in [-0.1, -0.05) is 33.6 Å². The van der Waals surface area contributed by atoms with E-state index in [0.29, 0.717) is 5.84 Å². The molecule has 0 saturated heterocycles. The molecule has 2 N–H and O–H groups in total. The summed E-state index contributed by atoms with van der Waals surface area (Å²) < 4.78 is 2.01. The van der Waals surface area contributed by atoms with Gasteiger partial charge in [0.05, 0.1) is 24.8 Å². The van der Waals surface area contributed by atoms with Gasteiger partial charge in [0.1, 0.15) is 6.04 Å². The number of nitrogens with two attached hydrogens (primary N) is 1. The summed E-state index contributed by atoms with van der Waals surface area (Å²) in [6.45, 7) is 6.99. The smallest absolute Gasteiger partial charge is 0.266 e. The molecule has 2 rings (SSSR count). The van der Waals surface area contributed by atoms with Gasteiger partial charge in [-0.05, 0) is 25.2 Å². The standard InChI is InChI=1S/C18H25N5/c1-4-7-9-23-15-13(6-3)14(8-5-2)18(12-21,16(23)22)17(15,10-19)11-20/h13-15,22H,4-9H2,1-3H3/p+1/t13-,14+,15+,18+/m1/s1. The summed E-state index contributed by atoms with van der Waals surface area (Å²) in [5, 5.41) is 30.0. The van der Waals surface area contributed by atoms with Gasteiger partial charge in [0, 0.05) is 5.92 Å². The SMILES string of the molecule is CCCC[N+]1=C(N)[C@]2(C#N)[C@@H](CCC)[C@@H](CC)[C@H]1C2(C#N)C#N. The van der Waals surface area contributed by atoms with Gasteiger partial charge in [0.15, 0.2) is 5.41 Å². The lowest BCUT2D eigenvalue weighted by Crippen LogP contribution is -2.50. The highest BCUT2D eigenvalue weighted by molar-refractivity contribution is 5.91. The van der Waals surface area contributed by atoms with Gasteiger partial charge in [0.2, 0.25) is 5.41 Å². The Balaban J connectivity index is 2.72. The molecule has 122 valence electrons. The Bertz CT molecular complexity index is 615. The highest BCUT2D eigenvalue weighted by Gasteiger charge is 2.81. The molecular weight excluding hydrogens is 286 g/mol. The van der Waals surface area contributed by atoms with Crippen LogP contribution in [0.5, 0.6) is 0 Å². The molecule has 1 aliphatic heterocycles. The van der Waals surface area contributed by atoms with Gasteiger partial charge >= 0.3 is 0 Å².